The Morgan fingerprint density at radius 1 is 1.32 bits per heavy atom. The van der Waals surface area contributed by atoms with Crippen LogP contribution in [-0.2, 0) is 14.3 Å². The molecule has 0 unspecified atom stereocenters. The first-order chi connectivity index (χ1) is 9.96. The number of ether oxygens (including phenoxy) is 2. The molecule has 0 spiro atoms. The van der Waals surface area contributed by atoms with Gasteiger partial charge in [-0.3, -0.25) is 4.79 Å². The number of nitrogens with one attached hydrogen (secondary N) is 1. The Labute approximate surface area is 135 Å². The van der Waals surface area contributed by atoms with Crippen LogP contribution >= 0.6 is 12.4 Å². The third-order valence-corrected chi connectivity index (χ3v) is 3.73. The van der Waals surface area contributed by atoms with Gasteiger partial charge < -0.3 is 20.5 Å². The molecule has 1 amide bonds. The first kappa shape index (κ1) is 18.4. The monoisotopic (exact) mass is 328 g/mol. The molecule has 1 heterocycles. The molecule has 0 aliphatic carbocycles. The van der Waals surface area contributed by atoms with Crippen molar-refractivity contribution in [1.29, 1.82) is 0 Å². The number of nitrogens with two attached hydrogens (primary N) is 1. The molecule has 1 aromatic carbocycles. The van der Waals surface area contributed by atoms with Gasteiger partial charge in [0, 0.05) is 18.9 Å². The van der Waals surface area contributed by atoms with Gasteiger partial charge in [0.25, 0.3) is 0 Å². The van der Waals surface area contributed by atoms with Crippen LogP contribution in [0.25, 0.3) is 0 Å². The molecule has 7 heteroatoms. The summed E-state index contributed by atoms with van der Waals surface area (Å²) in [6.45, 7) is 2.77. The van der Waals surface area contributed by atoms with Crippen LogP contribution in [0.3, 0.4) is 0 Å². The lowest BCUT2D eigenvalue weighted by molar-refractivity contribution is -0.124. The number of aryl methyl sites for hydroxylation is 1. The molecule has 1 aliphatic heterocycles. The van der Waals surface area contributed by atoms with E-state index in [9.17, 15) is 9.59 Å². The van der Waals surface area contributed by atoms with E-state index < -0.39 is 11.5 Å². The molecule has 1 fully saturated rings. The molecule has 122 valence electrons. The van der Waals surface area contributed by atoms with Gasteiger partial charge in [-0.15, -0.1) is 12.4 Å². The SMILES string of the molecule is COC(=O)c1ccc(NC(=O)C2(N)CCOCC2)cc1C.Cl. The van der Waals surface area contributed by atoms with Crippen molar-refractivity contribution in [1.82, 2.24) is 0 Å². The second kappa shape index (κ2) is 7.58. The first-order valence-corrected chi connectivity index (χ1v) is 6.83. The summed E-state index contributed by atoms with van der Waals surface area (Å²) in [4.78, 5) is 23.8. The topological polar surface area (TPSA) is 90.7 Å². The summed E-state index contributed by atoms with van der Waals surface area (Å²) in [5.41, 5.74) is 7.05. The zero-order valence-corrected chi connectivity index (χ0v) is 13.5. The molecule has 6 nitrogen and oxygen atoms in total. The third-order valence-electron chi connectivity index (χ3n) is 3.73. The number of rotatable bonds is 3. The highest BCUT2D eigenvalue weighted by molar-refractivity contribution is 5.99. The highest BCUT2D eigenvalue weighted by atomic mass is 35.5. The number of esters is 1. The number of benzene rings is 1. The van der Waals surface area contributed by atoms with E-state index in [2.05, 4.69) is 10.1 Å². The predicted molar refractivity (Wildman–Crippen MR) is 85.4 cm³/mol. The molecular weight excluding hydrogens is 308 g/mol. The van der Waals surface area contributed by atoms with Gasteiger partial charge in [-0.2, -0.15) is 0 Å². The van der Waals surface area contributed by atoms with Gasteiger partial charge in [-0.1, -0.05) is 0 Å². The maximum absolute atomic E-state index is 12.3. The van der Waals surface area contributed by atoms with Gasteiger partial charge in [0.15, 0.2) is 0 Å². The van der Waals surface area contributed by atoms with E-state index in [-0.39, 0.29) is 18.3 Å². The Bertz CT molecular complexity index is 556. The summed E-state index contributed by atoms with van der Waals surface area (Å²) < 4.78 is 9.92. The maximum Gasteiger partial charge on any atom is 0.338 e. The van der Waals surface area contributed by atoms with Crippen molar-refractivity contribution in [3.05, 3.63) is 29.3 Å². The van der Waals surface area contributed by atoms with Crippen LogP contribution in [-0.4, -0.2) is 37.7 Å². The zero-order valence-electron chi connectivity index (χ0n) is 12.7. The second-order valence-electron chi connectivity index (χ2n) is 5.24. The number of carbonyl (C=O) groups excluding carboxylic acids is 2. The summed E-state index contributed by atoms with van der Waals surface area (Å²) >= 11 is 0. The van der Waals surface area contributed by atoms with Crippen molar-refractivity contribution in [2.24, 2.45) is 5.73 Å². The maximum atomic E-state index is 12.3. The number of methoxy groups -OCH3 is 1. The number of hydrogen-bond acceptors (Lipinski definition) is 5. The number of anilines is 1. The van der Waals surface area contributed by atoms with Crippen LogP contribution < -0.4 is 11.1 Å². The van der Waals surface area contributed by atoms with Gasteiger partial charge in [0.1, 0.15) is 5.54 Å². The Kier molecular flexibility index (Phi) is 6.34. The van der Waals surface area contributed by atoms with Crippen molar-refractivity contribution in [2.45, 2.75) is 25.3 Å². The smallest absolute Gasteiger partial charge is 0.338 e. The van der Waals surface area contributed by atoms with Crippen molar-refractivity contribution >= 4 is 30.0 Å². The average Bonchev–Trinajstić information content (AvgIpc) is 2.47. The van der Waals surface area contributed by atoms with Crippen molar-refractivity contribution in [2.75, 3.05) is 25.6 Å². The van der Waals surface area contributed by atoms with E-state index >= 15 is 0 Å². The molecule has 0 bridgehead atoms. The fourth-order valence-corrected chi connectivity index (χ4v) is 2.30. The number of hydrogen-bond donors (Lipinski definition) is 2. The lowest BCUT2D eigenvalue weighted by Crippen LogP contribution is -2.54. The van der Waals surface area contributed by atoms with Crippen LogP contribution in [0.1, 0.15) is 28.8 Å². The third kappa shape index (κ3) is 3.97. The van der Waals surface area contributed by atoms with E-state index in [0.717, 1.165) is 5.56 Å². The van der Waals surface area contributed by atoms with Crippen molar-refractivity contribution < 1.29 is 19.1 Å². The quantitative estimate of drug-likeness (QED) is 0.823. The Morgan fingerprint density at radius 2 is 1.95 bits per heavy atom. The van der Waals surface area contributed by atoms with E-state index in [1.807, 2.05) is 0 Å². The van der Waals surface area contributed by atoms with Crippen LogP contribution in [0.4, 0.5) is 5.69 Å². The molecule has 3 N–H and O–H groups in total. The summed E-state index contributed by atoms with van der Waals surface area (Å²) in [7, 11) is 1.33. The molecule has 1 aliphatic rings. The Hall–Kier alpha value is -1.63. The van der Waals surface area contributed by atoms with Crippen LogP contribution in [0.15, 0.2) is 18.2 Å². The molecule has 2 rings (SSSR count). The van der Waals surface area contributed by atoms with Gasteiger partial charge in [-0.25, -0.2) is 4.79 Å². The van der Waals surface area contributed by atoms with Crippen molar-refractivity contribution in [3.8, 4) is 0 Å². The van der Waals surface area contributed by atoms with E-state index in [1.165, 1.54) is 7.11 Å². The molecule has 1 aromatic rings. The summed E-state index contributed by atoms with van der Waals surface area (Å²) in [5, 5.41) is 2.81. The zero-order chi connectivity index (χ0) is 15.5. The number of amides is 1. The Balaban J connectivity index is 0.00000242. The minimum Gasteiger partial charge on any atom is -0.465 e. The van der Waals surface area contributed by atoms with E-state index in [1.54, 1.807) is 25.1 Å². The predicted octanol–water partition coefficient (Wildman–Crippen LogP) is 1.65. The standard InChI is InChI=1S/C15H20N2O4.ClH/c1-10-9-11(3-4-12(10)13(18)20-2)17-14(19)15(16)5-7-21-8-6-15;/h3-4,9H,5-8,16H2,1-2H3,(H,17,19);1H. The lowest BCUT2D eigenvalue weighted by Gasteiger charge is -2.31. The second-order valence-corrected chi connectivity index (χ2v) is 5.24. The van der Waals surface area contributed by atoms with E-state index in [4.69, 9.17) is 10.5 Å². The highest BCUT2D eigenvalue weighted by Crippen LogP contribution is 2.21. The van der Waals surface area contributed by atoms with Crippen LogP contribution in [0.2, 0.25) is 0 Å². The summed E-state index contributed by atoms with van der Waals surface area (Å²) in [6.07, 6.45) is 0.996. The van der Waals surface area contributed by atoms with Gasteiger partial charge in [0.2, 0.25) is 5.91 Å². The fraction of sp³-hybridized carbons (Fsp3) is 0.467. The normalized spacial score (nSPS) is 16.3. The molecule has 1 saturated heterocycles. The van der Waals surface area contributed by atoms with Crippen LogP contribution in [0, 0.1) is 6.92 Å². The fourth-order valence-electron chi connectivity index (χ4n) is 2.30. The average molecular weight is 329 g/mol. The molecular formula is C15H21ClN2O4. The van der Waals surface area contributed by atoms with Crippen LogP contribution in [0.5, 0.6) is 0 Å². The first-order valence-electron chi connectivity index (χ1n) is 6.83. The minimum absolute atomic E-state index is 0. The molecule has 0 radical (unpaired) electrons. The van der Waals surface area contributed by atoms with Gasteiger partial charge >= 0.3 is 5.97 Å². The molecule has 0 aromatic heterocycles. The number of carbonyl (C=O) groups is 2. The molecule has 0 atom stereocenters. The lowest BCUT2D eigenvalue weighted by atomic mass is 9.90. The van der Waals surface area contributed by atoms with Gasteiger partial charge in [0.05, 0.1) is 12.7 Å². The largest absolute Gasteiger partial charge is 0.465 e. The summed E-state index contributed by atoms with van der Waals surface area (Å²) in [6, 6.07) is 5.02. The Morgan fingerprint density at radius 3 is 2.50 bits per heavy atom. The molecule has 0 saturated carbocycles. The number of halogens is 1. The van der Waals surface area contributed by atoms with Crippen molar-refractivity contribution in [3.63, 3.8) is 0 Å². The highest BCUT2D eigenvalue weighted by Gasteiger charge is 2.35. The molecule has 22 heavy (non-hydrogen) atoms. The minimum atomic E-state index is -0.896. The van der Waals surface area contributed by atoms with E-state index in [0.29, 0.717) is 37.3 Å². The van der Waals surface area contributed by atoms with Gasteiger partial charge in [-0.05, 0) is 43.5 Å². The summed E-state index contributed by atoms with van der Waals surface area (Å²) in [5.74, 6) is -0.624.